The van der Waals surface area contributed by atoms with E-state index in [0.29, 0.717) is 5.78 Å². The molecule has 2 bridgehead atoms. The van der Waals surface area contributed by atoms with Crippen molar-refractivity contribution in [3.05, 3.63) is 0 Å². The van der Waals surface area contributed by atoms with Gasteiger partial charge in [0.25, 0.3) is 0 Å². The molecule has 0 radical (unpaired) electrons. The highest BCUT2D eigenvalue weighted by Crippen LogP contribution is 2.48. The van der Waals surface area contributed by atoms with Crippen LogP contribution in [0.1, 0.15) is 39.5 Å². The van der Waals surface area contributed by atoms with Crippen LogP contribution < -0.4 is 0 Å². The molecule has 0 aromatic carbocycles. The van der Waals surface area contributed by atoms with Gasteiger partial charge in [-0.25, -0.2) is 0 Å². The van der Waals surface area contributed by atoms with E-state index in [4.69, 9.17) is 0 Å². The zero-order valence-corrected chi connectivity index (χ0v) is 8.05. The minimum Gasteiger partial charge on any atom is -0.300 e. The molecule has 2 atom stereocenters. The summed E-state index contributed by atoms with van der Waals surface area (Å²) in [5.41, 5.74) is 0. The largest absolute Gasteiger partial charge is 0.300 e. The van der Waals surface area contributed by atoms with Gasteiger partial charge in [0, 0.05) is 12.8 Å². The fraction of sp³-hybridized carbons (Fsp3) is 0.909. The molecule has 0 aromatic rings. The molecule has 1 nitrogen and oxygen atoms in total. The van der Waals surface area contributed by atoms with Crippen LogP contribution >= 0.6 is 0 Å². The molecule has 2 saturated carbocycles. The maximum Gasteiger partial charge on any atom is 0.133 e. The van der Waals surface area contributed by atoms with Gasteiger partial charge in [0.1, 0.15) is 5.78 Å². The maximum absolute atomic E-state index is 11.3. The number of fused-ring (bicyclic) bond motifs is 2. The van der Waals surface area contributed by atoms with E-state index in [-0.39, 0.29) is 0 Å². The van der Waals surface area contributed by atoms with Crippen molar-refractivity contribution < 1.29 is 4.79 Å². The highest BCUT2D eigenvalue weighted by Gasteiger charge is 2.43. The van der Waals surface area contributed by atoms with Crippen molar-refractivity contribution in [3.63, 3.8) is 0 Å². The molecule has 0 heterocycles. The van der Waals surface area contributed by atoms with E-state index in [9.17, 15) is 4.79 Å². The molecule has 0 aliphatic heterocycles. The maximum atomic E-state index is 11.3. The monoisotopic (exact) mass is 166 g/mol. The van der Waals surface area contributed by atoms with Crippen LogP contribution in [0.15, 0.2) is 0 Å². The lowest BCUT2D eigenvalue weighted by molar-refractivity contribution is -0.123. The van der Waals surface area contributed by atoms with Crippen LogP contribution in [0.25, 0.3) is 0 Å². The van der Waals surface area contributed by atoms with Gasteiger partial charge in [-0.05, 0) is 36.5 Å². The predicted molar refractivity (Wildman–Crippen MR) is 48.8 cm³/mol. The van der Waals surface area contributed by atoms with Crippen LogP contribution in [0.5, 0.6) is 0 Å². The van der Waals surface area contributed by atoms with E-state index < -0.39 is 0 Å². The summed E-state index contributed by atoms with van der Waals surface area (Å²) in [6.07, 6.45) is 4.41. The van der Waals surface area contributed by atoms with Gasteiger partial charge in [-0.3, -0.25) is 4.79 Å². The molecule has 2 aliphatic rings. The first-order valence-corrected chi connectivity index (χ1v) is 5.20. The number of ketones is 1. The summed E-state index contributed by atoms with van der Waals surface area (Å²) in [6.45, 7) is 4.62. The third-order valence-electron chi connectivity index (χ3n) is 3.75. The average molecular weight is 166 g/mol. The van der Waals surface area contributed by atoms with E-state index in [0.717, 1.165) is 36.5 Å². The number of rotatable bonds is 1. The Kier molecular flexibility index (Phi) is 1.97. The van der Waals surface area contributed by atoms with E-state index in [1.165, 1.54) is 12.8 Å². The Hall–Kier alpha value is -0.330. The normalized spacial score (nSPS) is 40.9. The molecular formula is C11H18O. The predicted octanol–water partition coefficient (Wildman–Crippen LogP) is 2.65. The lowest BCUT2D eigenvalue weighted by atomic mass is 9.72. The Bertz CT molecular complexity index is 179. The van der Waals surface area contributed by atoms with Gasteiger partial charge < -0.3 is 0 Å². The topological polar surface area (TPSA) is 17.1 Å². The lowest BCUT2D eigenvalue weighted by Crippen LogP contribution is -2.29. The molecule has 0 amide bonds. The third-order valence-corrected chi connectivity index (χ3v) is 3.75. The molecule has 2 aliphatic carbocycles. The first-order chi connectivity index (χ1) is 5.68. The van der Waals surface area contributed by atoms with Gasteiger partial charge in [0.15, 0.2) is 0 Å². The quantitative estimate of drug-likeness (QED) is 0.585. The van der Waals surface area contributed by atoms with Crippen LogP contribution in [0, 0.1) is 23.7 Å². The van der Waals surface area contributed by atoms with E-state index in [1.807, 2.05) is 0 Å². The van der Waals surface area contributed by atoms with Crippen molar-refractivity contribution in [1.82, 2.24) is 0 Å². The fourth-order valence-corrected chi connectivity index (χ4v) is 3.43. The smallest absolute Gasteiger partial charge is 0.133 e. The van der Waals surface area contributed by atoms with E-state index in [1.54, 1.807) is 0 Å². The summed E-state index contributed by atoms with van der Waals surface area (Å²) in [7, 11) is 0. The Balaban J connectivity index is 2.14. The molecule has 2 rings (SSSR count). The van der Waals surface area contributed by atoms with E-state index in [2.05, 4.69) is 13.8 Å². The van der Waals surface area contributed by atoms with Crippen molar-refractivity contribution in [1.29, 1.82) is 0 Å². The number of carbonyl (C=O) groups is 1. The molecule has 12 heavy (non-hydrogen) atoms. The Labute approximate surface area is 74.5 Å². The molecule has 68 valence electrons. The van der Waals surface area contributed by atoms with Crippen molar-refractivity contribution in [2.75, 3.05) is 0 Å². The van der Waals surface area contributed by atoms with Crippen LogP contribution in [0.3, 0.4) is 0 Å². The molecular weight excluding hydrogens is 148 g/mol. The summed E-state index contributed by atoms with van der Waals surface area (Å²) < 4.78 is 0. The Morgan fingerprint density at radius 2 is 1.67 bits per heavy atom. The van der Waals surface area contributed by atoms with Gasteiger partial charge in [0.05, 0.1) is 0 Å². The molecule has 2 fully saturated rings. The second kappa shape index (κ2) is 2.86. The molecule has 0 aromatic heterocycles. The summed E-state index contributed by atoms with van der Waals surface area (Å²) in [4.78, 5) is 11.3. The van der Waals surface area contributed by atoms with Gasteiger partial charge in [-0.15, -0.1) is 0 Å². The summed E-state index contributed by atoms with van der Waals surface area (Å²) in [6, 6.07) is 0. The summed E-state index contributed by atoms with van der Waals surface area (Å²) in [5, 5.41) is 0. The second-order valence-electron chi connectivity index (χ2n) is 4.87. The van der Waals surface area contributed by atoms with Crippen molar-refractivity contribution >= 4 is 5.78 Å². The van der Waals surface area contributed by atoms with Gasteiger partial charge >= 0.3 is 0 Å². The number of hydrogen-bond acceptors (Lipinski definition) is 1. The zero-order chi connectivity index (χ0) is 8.72. The average Bonchev–Trinajstić information content (AvgIpc) is 2.24. The highest BCUT2D eigenvalue weighted by molar-refractivity contribution is 5.80. The van der Waals surface area contributed by atoms with Gasteiger partial charge in [-0.2, -0.15) is 0 Å². The standard InChI is InChI=1S/C11H18O/c1-7(2)11-8-3-4-9(11)6-10(12)5-8/h7-9,11H,3-6H2,1-2H3. The van der Waals surface area contributed by atoms with Gasteiger partial charge in [-0.1, -0.05) is 13.8 Å². The number of hydrogen-bond donors (Lipinski definition) is 0. The highest BCUT2D eigenvalue weighted by atomic mass is 16.1. The number of carbonyl (C=O) groups excluding carboxylic acids is 1. The second-order valence-corrected chi connectivity index (χ2v) is 4.87. The Morgan fingerprint density at radius 1 is 1.17 bits per heavy atom. The third kappa shape index (κ3) is 1.19. The minimum absolute atomic E-state index is 0.527. The van der Waals surface area contributed by atoms with Crippen molar-refractivity contribution in [2.45, 2.75) is 39.5 Å². The van der Waals surface area contributed by atoms with Gasteiger partial charge in [0.2, 0.25) is 0 Å². The Morgan fingerprint density at radius 3 is 2.08 bits per heavy atom. The number of Topliss-reactive ketones (excluding diaryl/α,β-unsaturated/α-hetero) is 1. The van der Waals surface area contributed by atoms with Crippen molar-refractivity contribution in [2.24, 2.45) is 23.7 Å². The van der Waals surface area contributed by atoms with E-state index >= 15 is 0 Å². The van der Waals surface area contributed by atoms with Crippen molar-refractivity contribution in [3.8, 4) is 0 Å². The molecule has 2 unspecified atom stereocenters. The summed E-state index contributed by atoms with van der Waals surface area (Å²) >= 11 is 0. The summed E-state index contributed by atoms with van der Waals surface area (Å²) in [5.74, 6) is 3.67. The van der Waals surface area contributed by atoms with Crippen LogP contribution in [0.2, 0.25) is 0 Å². The zero-order valence-electron chi connectivity index (χ0n) is 8.05. The van der Waals surface area contributed by atoms with Crippen LogP contribution in [-0.2, 0) is 4.79 Å². The SMILES string of the molecule is CC(C)C1C2CCC1CC(=O)C2. The fourth-order valence-electron chi connectivity index (χ4n) is 3.43. The molecule has 1 heteroatoms. The van der Waals surface area contributed by atoms with Crippen LogP contribution in [0.4, 0.5) is 0 Å². The van der Waals surface area contributed by atoms with Crippen LogP contribution in [-0.4, -0.2) is 5.78 Å². The first kappa shape index (κ1) is 8.28. The minimum atomic E-state index is 0.527. The molecule has 0 N–H and O–H groups in total. The lowest BCUT2D eigenvalue weighted by Gasteiger charge is -2.32. The first-order valence-electron chi connectivity index (χ1n) is 5.20. The molecule has 0 saturated heterocycles. The molecule has 0 spiro atoms.